The van der Waals surface area contributed by atoms with Crippen LogP contribution in [0.3, 0.4) is 0 Å². The molecule has 7 heteroatoms. The summed E-state index contributed by atoms with van der Waals surface area (Å²) in [5, 5.41) is 2.06. The molecule has 32 heavy (non-hydrogen) atoms. The highest BCUT2D eigenvalue weighted by molar-refractivity contribution is 7.17. The average molecular weight is 448 g/mol. The van der Waals surface area contributed by atoms with Crippen molar-refractivity contribution in [1.29, 1.82) is 0 Å². The molecule has 2 aromatic heterocycles. The van der Waals surface area contributed by atoms with E-state index in [-0.39, 0.29) is 11.7 Å². The smallest absolute Gasteiger partial charge is 0.253 e. The van der Waals surface area contributed by atoms with Crippen molar-refractivity contribution in [2.75, 3.05) is 38.2 Å². The number of rotatable bonds is 4. The largest absolute Gasteiger partial charge is 0.497 e. The number of halogens is 1. The van der Waals surface area contributed by atoms with Crippen LogP contribution in [0.5, 0.6) is 5.75 Å². The van der Waals surface area contributed by atoms with Crippen LogP contribution < -0.4 is 9.64 Å². The van der Waals surface area contributed by atoms with Crippen LogP contribution in [0.15, 0.2) is 66.0 Å². The first-order chi connectivity index (χ1) is 15.6. The molecule has 1 fully saturated rings. The van der Waals surface area contributed by atoms with Crippen molar-refractivity contribution >= 4 is 33.1 Å². The number of aromatic nitrogens is 1. The monoisotopic (exact) mass is 447 g/mol. The molecular formula is C25H22FN3O2S. The predicted octanol–water partition coefficient (Wildman–Crippen LogP) is 5.07. The van der Waals surface area contributed by atoms with Gasteiger partial charge >= 0.3 is 0 Å². The maximum absolute atomic E-state index is 13.2. The lowest BCUT2D eigenvalue weighted by Gasteiger charge is -2.36. The Hall–Kier alpha value is -3.45. The quantitative estimate of drug-likeness (QED) is 0.438. The molecule has 5 nitrogen and oxygen atoms in total. The Morgan fingerprint density at radius 2 is 1.81 bits per heavy atom. The number of hydrogen-bond acceptors (Lipinski definition) is 5. The summed E-state index contributed by atoms with van der Waals surface area (Å²) in [6, 6.07) is 17.8. The van der Waals surface area contributed by atoms with Crippen LogP contribution in [0.1, 0.15) is 10.4 Å². The van der Waals surface area contributed by atoms with Gasteiger partial charge in [-0.1, -0.05) is 12.1 Å². The molecule has 0 spiro atoms. The number of piperazine rings is 1. The first-order valence-electron chi connectivity index (χ1n) is 10.4. The lowest BCUT2D eigenvalue weighted by Crippen LogP contribution is -2.48. The molecule has 1 amide bonds. The summed E-state index contributed by atoms with van der Waals surface area (Å²) in [4.78, 5) is 21.8. The number of carbonyl (C=O) groups excluding carboxylic acids is 1. The fourth-order valence-corrected chi connectivity index (χ4v) is 4.91. The SMILES string of the molecule is COc1cccc(-c2cc(N3CCN(C(=O)c4ccc(F)cc4)CC3)c3sccc3n2)c1. The second-order valence-corrected chi connectivity index (χ2v) is 8.60. The van der Waals surface area contributed by atoms with Crippen LogP contribution in [0.25, 0.3) is 21.5 Å². The molecule has 0 saturated carbocycles. The number of carbonyl (C=O) groups is 1. The fraction of sp³-hybridized carbons (Fsp3) is 0.200. The number of benzene rings is 2. The second kappa shape index (κ2) is 8.59. The van der Waals surface area contributed by atoms with Gasteiger partial charge in [-0.25, -0.2) is 9.37 Å². The summed E-state index contributed by atoms with van der Waals surface area (Å²) in [5.74, 6) is 0.401. The third-order valence-corrected chi connectivity index (χ3v) is 6.68. The normalized spacial score (nSPS) is 14.1. The molecule has 1 aliphatic heterocycles. The van der Waals surface area contributed by atoms with Crippen LogP contribution in [0.2, 0.25) is 0 Å². The minimum absolute atomic E-state index is 0.0577. The van der Waals surface area contributed by atoms with Crippen LogP contribution in [0, 0.1) is 5.82 Å². The Bertz CT molecular complexity index is 1260. The highest BCUT2D eigenvalue weighted by atomic mass is 32.1. The van der Waals surface area contributed by atoms with Gasteiger partial charge in [0.05, 0.1) is 28.7 Å². The lowest BCUT2D eigenvalue weighted by atomic mass is 10.1. The predicted molar refractivity (Wildman–Crippen MR) is 126 cm³/mol. The molecule has 5 rings (SSSR count). The minimum atomic E-state index is -0.337. The van der Waals surface area contributed by atoms with Gasteiger partial charge in [0.1, 0.15) is 11.6 Å². The van der Waals surface area contributed by atoms with E-state index in [0.717, 1.165) is 46.0 Å². The zero-order valence-corrected chi connectivity index (χ0v) is 18.4. The minimum Gasteiger partial charge on any atom is -0.497 e. The lowest BCUT2D eigenvalue weighted by molar-refractivity contribution is 0.0747. The standard InChI is InChI=1S/C25H22FN3O2S/c1-31-20-4-2-3-18(15-20)22-16-23(24-21(27-22)9-14-32-24)28-10-12-29(13-11-28)25(30)17-5-7-19(26)8-6-17/h2-9,14-16H,10-13H2,1H3. The van der Waals surface area contributed by atoms with Gasteiger partial charge in [0.15, 0.2) is 0 Å². The van der Waals surface area contributed by atoms with E-state index in [4.69, 9.17) is 9.72 Å². The number of thiophene rings is 1. The van der Waals surface area contributed by atoms with Crippen molar-refractivity contribution in [3.63, 3.8) is 0 Å². The van der Waals surface area contributed by atoms with Crippen molar-refractivity contribution in [2.45, 2.75) is 0 Å². The summed E-state index contributed by atoms with van der Waals surface area (Å²) in [7, 11) is 1.66. The van der Waals surface area contributed by atoms with Gasteiger partial charge in [-0.3, -0.25) is 4.79 Å². The highest BCUT2D eigenvalue weighted by Gasteiger charge is 2.24. The average Bonchev–Trinajstić information content (AvgIpc) is 3.32. The Morgan fingerprint density at radius 1 is 1.03 bits per heavy atom. The summed E-state index contributed by atoms with van der Waals surface area (Å²) in [5.41, 5.74) is 4.52. The van der Waals surface area contributed by atoms with Crippen LogP contribution >= 0.6 is 11.3 Å². The zero-order valence-electron chi connectivity index (χ0n) is 17.6. The molecule has 1 aliphatic rings. The first-order valence-corrected chi connectivity index (χ1v) is 11.3. The molecule has 4 aromatic rings. The van der Waals surface area contributed by atoms with Crippen molar-refractivity contribution in [1.82, 2.24) is 9.88 Å². The molecule has 162 valence electrons. The number of nitrogens with zero attached hydrogens (tertiary/aromatic N) is 3. The van der Waals surface area contributed by atoms with Gasteiger partial charge in [0.2, 0.25) is 0 Å². The first kappa shape index (κ1) is 20.5. The molecule has 0 radical (unpaired) electrons. The van der Waals surface area contributed by atoms with Crippen molar-refractivity contribution in [2.24, 2.45) is 0 Å². The summed E-state index contributed by atoms with van der Waals surface area (Å²) < 4.78 is 19.7. The Kier molecular flexibility index (Phi) is 5.49. The Morgan fingerprint density at radius 3 is 2.56 bits per heavy atom. The van der Waals surface area contributed by atoms with Crippen molar-refractivity contribution in [3.05, 3.63) is 77.4 Å². The fourth-order valence-electron chi connectivity index (χ4n) is 4.03. The molecule has 0 unspecified atom stereocenters. The zero-order chi connectivity index (χ0) is 22.1. The number of pyridine rings is 1. The van der Waals surface area contributed by atoms with Gasteiger partial charge in [0, 0.05) is 37.3 Å². The number of amides is 1. The summed E-state index contributed by atoms with van der Waals surface area (Å²) in [6.07, 6.45) is 0. The topological polar surface area (TPSA) is 45.7 Å². The van der Waals surface area contributed by atoms with Crippen molar-refractivity contribution < 1.29 is 13.9 Å². The molecule has 1 saturated heterocycles. The molecule has 2 aromatic carbocycles. The maximum Gasteiger partial charge on any atom is 0.253 e. The second-order valence-electron chi connectivity index (χ2n) is 7.68. The molecular weight excluding hydrogens is 425 g/mol. The number of ether oxygens (including phenoxy) is 1. The molecule has 0 bridgehead atoms. The van der Waals surface area contributed by atoms with E-state index in [1.807, 2.05) is 35.2 Å². The van der Waals surface area contributed by atoms with Gasteiger partial charge < -0.3 is 14.5 Å². The van der Waals surface area contributed by atoms with Crippen LogP contribution in [-0.2, 0) is 0 Å². The van der Waals surface area contributed by atoms with Crippen LogP contribution in [0.4, 0.5) is 10.1 Å². The van der Waals surface area contributed by atoms with E-state index in [9.17, 15) is 9.18 Å². The Balaban J connectivity index is 1.40. The van der Waals surface area contributed by atoms with Gasteiger partial charge in [-0.15, -0.1) is 11.3 Å². The summed E-state index contributed by atoms with van der Waals surface area (Å²) >= 11 is 1.68. The van der Waals surface area contributed by atoms with Gasteiger partial charge in [-0.2, -0.15) is 0 Å². The highest BCUT2D eigenvalue weighted by Crippen LogP contribution is 2.35. The molecule has 3 heterocycles. The van der Waals surface area contributed by atoms with Gasteiger partial charge in [-0.05, 0) is 53.9 Å². The van der Waals surface area contributed by atoms with E-state index in [2.05, 4.69) is 16.3 Å². The Labute approximate surface area is 189 Å². The third-order valence-electron chi connectivity index (χ3n) is 5.76. The number of hydrogen-bond donors (Lipinski definition) is 0. The van der Waals surface area contributed by atoms with Gasteiger partial charge in [0.25, 0.3) is 5.91 Å². The number of fused-ring (bicyclic) bond motifs is 1. The number of anilines is 1. The molecule has 0 aliphatic carbocycles. The van der Waals surface area contributed by atoms with Crippen LogP contribution in [-0.4, -0.2) is 49.1 Å². The molecule has 0 atom stereocenters. The molecule has 0 N–H and O–H groups in total. The van der Waals surface area contributed by atoms with E-state index < -0.39 is 0 Å². The van der Waals surface area contributed by atoms with E-state index in [1.165, 1.54) is 12.1 Å². The van der Waals surface area contributed by atoms with E-state index >= 15 is 0 Å². The van der Waals surface area contributed by atoms with Crippen molar-refractivity contribution in [3.8, 4) is 17.0 Å². The number of methoxy groups -OCH3 is 1. The van der Waals surface area contributed by atoms with E-state index in [0.29, 0.717) is 18.7 Å². The van der Waals surface area contributed by atoms with E-state index in [1.54, 1.807) is 30.6 Å². The summed E-state index contributed by atoms with van der Waals surface area (Å²) in [6.45, 7) is 2.67. The maximum atomic E-state index is 13.2. The third kappa shape index (κ3) is 3.91.